The van der Waals surface area contributed by atoms with Gasteiger partial charge in [0.2, 0.25) is 0 Å². The molecular weight excluding hydrogens is 452 g/mol. The predicted octanol–water partition coefficient (Wildman–Crippen LogP) is 2.62. The molecule has 1 amide bonds. The second kappa shape index (κ2) is 8.32. The average molecular weight is 472 g/mol. The lowest BCUT2D eigenvalue weighted by atomic mass is 10.0. The van der Waals surface area contributed by atoms with E-state index in [1.165, 1.54) is 29.0 Å². The number of carbonyl (C=O) groups is 3. The number of ether oxygens (including phenoxy) is 1. The number of aromatic nitrogens is 3. The van der Waals surface area contributed by atoms with Crippen LogP contribution in [0.4, 0.5) is 5.69 Å². The number of methoxy groups -OCH3 is 1. The first-order chi connectivity index (χ1) is 16.7. The number of hydrogen-bond acceptors (Lipinski definition) is 8. The Balaban J connectivity index is 1.37. The van der Waals surface area contributed by atoms with Crippen molar-refractivity contribution < 1.29 is 23.5 Å². The highest BCUT2D eigenvalue weighted by molar-refractivity contribution is 6.52. The van der Waals surface area contributed by atoms with E-state index in [1.54, 1.807) is 24.3 Å². The number of Topliss-reactive ketones (excluding diaryl/α,β-unsaturated/α-hetero) is 2. The van der Waals surface area contributed by atoms with Crippen LogP contribution in [-0.4, -0.2) is 39.6 Å². The third kappa shape index (κ3) is 3.88. The summed E-state index contributed by atoms with van der Waals surface area (Å²) in [6.45, 7) is 3.47. The van der Waals surface area contributed by atoms with Crippen molar-refractivity contribution >= 4 is 34.1 Å². The van der Waals surface area contributed by atoms with Crippen molar-refractivity contribution in [2.45, 2.75) is 26.9 Å². The molecule has 4 aromatic rings. The summed E-state index contributed by atoms with van der Waals surface area (Å²) in [5.41, 5.74) is 2.48. The molecule has 2 aromatic carbocycles. The first-order valence-corrected chi connectivity index (χ1v) is 10.8. The molecule has 0 fully saturated rings. The number of fused-ring (bicyclic) bond motifs is 2. The summed E-state index contributed by atoms with van der Waals surface area (Å²) in [5.74, 6) is -1.14. The molecule has 5 rings (SSSR count). The van der Waals surface area contributed by atoms with E-state index in [2.05, 4.69) is 10.3 Å². The predicted molar refractivity (Wildman–Crippen MR) is 125 cm³/mol. The number of anilines is 1. The first-order valence-electron chi connectivity index (χ1n) is 10.8. The van der Waals surface area contributed by atoms with Crippen molar-refractivity contribution in [3.05, 3.63) is 81.0 Å². The van der Waals surface area contributed by atoms with Gasteiger partial charge in [0.05, 0.1) is 31.1 Å². The lowest BCUT2D eigenvalue weighted by molar-refractivity contribution is -0.114. The van der Waals surface area contributed by atoms with E-state index in [0.717, 1.165) is 11.1 Å². The Morgan fingerprint density at radius 2 is 1.89 bits per heavy atom. The third-order valence-electron chi connectivity index (χ3n) is 5.85. The molecule has 176 valence electrons. The summed E-state index contributed by atoms with van der Waals surface area (Å²) in [4.78, 5) is 51.6. The minimum atomic E-state index is -0.753. The highest BCUT2D eigenvalue weighted by Gasteiger charge is 2.37. The van der Waals surface area contributed by atoms with E-state index in [9.17, 15) is 19.2 Å². The van der Waals surface area contributed by atoms with Crippen molar-refractivity contribution in [1.82, 2.24) is 15.0 Å². The molecule has 0 bridgehead atoms. The lowest BCUT2D eigenvalue weighted by Gasteiger charge is -2.17. The fourth-order valence-electron chi connectivity index (χ4n) is 4.29. The van der Waals surface area contributed by atoms with E-state index < -0.39 is 23.1 Å². The van der Waals surface area contributed by atoms with Crippen LogP contribution >= 0.6 is 0 Å². The Labute approximate surface area is 198 Å². The zero-order valence-corrected chi connectivity index (χ0v) is 19.2. The topological polar surface area (TPSA) is 125 Å². The summed E-state index contributed by atoms with van der Waals surface area (Å²) in [5, 5.41) is 8.54. The van der Waals surface area contributed by atoms with Crippen molar-refractivity contribution in [1.29, 1.82) is 0 Å². The van der Waals surface area contributed by atoms with Crippen LogP contribution in [-0.2, 0) is 17.9 Å². The molecule has 2 aromatic heterocycles. The Hall–Kier alpha value is -4.60. The van der Waals surface area contributed by atoms with Gasteiger partial charge in [-0.15, -0.1) is 5.10 Å². The molecule has 0 unspecified atom stereocenters. The summed E-state index contributed by atoms with van der Waals surface area (Å²) in [7, 11) is 1.52. The van der Waals surface area contributed by atoms with E-state index in [0.29, 0.717) is 33.7 Å². The van der Waals surface area contributed by atoms with Gasteiger partial charge < -0.3 is 9.15 Å². The van der Waals surface area contributed by atoms with Crippen LogP contribution in [0.3, 0.4) is 0 Å². The van der Waals surface area contributed by atoms with Crippen LogP contribution in [0.2, 0.25) is 0 Å². The minimum Gasteiger partial charge on any atom is -0.497 e. The van der Waals surface area contributed by atoms with E-state index in [4.69, 9.17) is 9.15 Å². The van der Waals surface area contributed by atoms with Gasteiger partial charge in [0.1, 0.15) is 29.1 Å². The lowest BCUT2D eigenvalue weighted by Crippen LogP contribution is -2.29. The normalized spacial score (nSPS) is 12.9. The molecule has 10 nitrogen and oxygen atoms in total. The molecule has 0 saturated heterocycles. The Bertz CT molecular complexity index is 1600. The van der Waals surface area contributed by atoms with Crippen LogP contribution < -0.4 is 15.3 Å². The van der Waals surface area contributed by atoms with Gasteiger partial charge in [0.15, 0.2) is 5.78 Å². The molecule has 0 aliphatic carbocycles. The molecule has 3 heterocycles. The SMILES string of the molecule is COc1ccc2oc(=O)c(C(=O)Cn3cc(CN4C(=O)C(=O)c5cc(C)cc(C)c54)nn3)cc2c1. The number of carbonyl (C=O) groups excluding carboxylic acids is 3. The van der Waals surface area contributed by atoms with Crippen molar-refractivity contribution in [3.8, 4) is 5.75 Å². The van der Waals surface area contributed by atoms with Gasteiger partial charge in [-0.1, -0.05) is 11.3 Å². The van der Waals surface area contributed by atoms with Gasteiger partial charge in [-0.2, -0.15) is 0 Å². The van der Waals surface area contributed by atoms with E-state index >= 15 is 0 Å². The Morgan fingerprint density at radius 3 is 2.66 bits per heavy atom. The zero-order chi connectivity index (χ0) is 24.9. The quantitative estimate of drug-likeness (QED) is 0.238. The van der Waals surface area contributed by atoms with Crippen LogP contribution in [0.5, 0.6) is 5.75 Å². The smallest absolute Gasteiger partial charge is 0.347 e. The fraction of sp³-hybridized carbons (Fsp3) is 0.200. The average Bonchev–Trinajstić information content (AvgIpc) is 3.36. The van der Waals surface area contributed by atoms with Crippen molar-refractivity contribution in [3.63, 3.8) is 0 Å². The first kappa shape index (κ1) is 22.2. The minimum absolute atomic E-state index is 0.0214. The third-order valence-corrected chi connectivity index (χ3v) is 5.85. The molecule has 1 aliphatic heterocycles. The van der Waals surface area contributed by atoms with E-state index in [1.807, 2.05) is 19.9 Å². The summed E-state index contributed by atoms with van der Waals surface area (Å²) in [6, 6.07) is 9.97. The molecule has 10 heteroatoms. The number of rotatable bonds is 6. The number of ketones is 2. The molecular formula is C25H20N4O6. The molecule has 0 saturated carbocycles. The number of amides is 1. The second-order valence-electron chi connectivity index (χ2n) is 8.38. The van der Waals surface area contributed by atoms with Gasteiger partial charge >= 0.3 is 5.63 Å². The molecule has 0 N–H and O–H groups in total. The number of aryl methyl sites for hydroxylation is 2. The van der Waals surface area contributed by atoms with Crippen molar-refractivity contribution in [2.24, 2.45) is 0 Å². The fourth-order valence-corrected chi connectivity index (χ4v) is 4.29. The zero-order valence-electron chi connectivity index (χ0n) is 19.2. The van der Waals surface area contributed by atoms with Crippen LogP contribution in [0.1, 0.15) is 37.5 Å². The van der Waals surface area contributed by atoms with Gasteiger partial charge in [-0.05, 0) is 55.3 Å². The molecule has 35 heavy (non-hydrogen) atoms. The van der Waals surface area contributed by atoms with Gasteiger partial charge in [0, 0.05) is 5.39 Å². The number of nitrogens with zero attached hydrogens (tertiary/aromatic N) is 4. The molecule has 0 atom stereocenters. The standard InChI is InChI=1S/C25H20N4O6/c1-13-6-14(2)22-19(7-13)23(31)24(32)29(22)11-16-10-28(27-26-16)12-20(30)18-9-15-8-17(34-3)4-5-21(15)35-25(18)33/h4-10H,11-12H2,1-3H3. The maximum Gasteiger partial charge on any atom is 0.347 e. The largest absolute Gasteiger partial charge is 0.497 e. The maximum absolute atomic E-state index is 12.8. The monoisotopic (exact) mass is 472 g/mol. The summed E-state index contributed by atoms with van der Waals surface area (Å²) in [6.07, 6.45) is 1.50. The Kier molecular flexibility index (Phi) is 5.28. The second-order valence-corrected chi connectivity index (χ2v) is 8.38. The van der Waals surface area contributed by atoms with Gasteiger partial charge in [0.25, 0.3) is 11.7 Å². The molecule has 0 radical (unpaired) electrons. The van der Waals surface area contributed by atoms with Crippen molar-refractivity contribution in [2.75, 3.05) is 12.0 Å². The highest BCUT2D eigenvalue weighted by atomic mass is 16.5. The summed E-state index contributed by atoms with van der Waals surface area (Å²) >= 11 is 0. The van der Waals surface area contributed by atoms with Gasteiger partial charge in [-0.3, -0.25) is 19.3 Å². The molecule has 1 aliphatic rings. The molecule has 0 spiro atoms. The van der Waals surface area contributed by atoms with Crippen LogP contribution in [0.15, 0.2) is 51.8 Å². The Morgan fingerprint density at radius 1 is 1.09 bits per heavy atom. The van der Waals surface area contributed by atoms with Crippen LogP contribution in [0.25, 0.3) is 11.0 Å². The van der Waals surface area contributed by atoms with Crippen LogP contribution in [0, 0.1) is 13.8 Å². The van der Waals surface area contributed by atoms with E-state index in [-0.39, 0.29) is 18.7 Å². The number of benzene rings is 2. The maximum atomic E-state index is 12.8. The summed E-state index contributed by atoms with van der Waals surface area (Å²) < 4.78 is 11.7. The number of hydrogen-bond donors (Lipinski definition) is 0. The van der Waals surface area contributed by atoms with Gasteiger partial charge in [-0.25, -0.2) is 9.48 Å². The highest BCUT2D eigenvalue weighted by Crippen LogP contribution is 2.34.